The van der Waals surface area contributed by atoms with Crippen molar-refractivity contribution in [3.8, 4) is 0 Å². The molecule has 1 aliphatic heterocycles. The molecule has 0 aliphatic carbocycles. The molecule has 1 atom stereocenters. The molecule has 1 unspecified atom stereocenters. The van der Waals surface area contributed by atoms with E-state index in [0.29, 0.717) is 26.1 Å². The van der Waals surface area contributed by atoms with E-state index in [1.807, 2.05) is 6.07 Å². The number of nitrogens with zero attached hydrogens (tertiary/aromatic N) is 1. The Morgan fingerprint density at radius 3 is 2.83 bits per heavy atom. The molecule has 0 aromatic carbocycles. The largest absolute Gasteiger partial charge is 0.467 e. The summed E-state index contributed by atoms with van der Waals surface area (Å²) >= 11 is 0. The molecule has 5 nitrogen and oxygen atoms in total. The Morgan fingerprint density at radius 1 is 1.33 bits per heavy atom. The van der Waals surface area contributed by atoms with Crippen LogP contribution in [0.4, 0.5) is 0 Å². The molecule has 0 radical (unpaired) electrons. The van der Waals surface area contributed by atoms with Gasteiger partial charge in [0.25, 0.3) is 0 Å². The maximum atomic E-state index is 12.2. The lowest BCUT2D eigenvalue weighted by atomic mass is 10.0. The second-order valence-corrected chi connectivity index (χ2v) is 7.14. The molecule has 1 aromatic heterocycles. The number of amides is 2. The van der Waals surface area contributed by atoms with Crippen molar-refractivity contribution in [2.24, 2.45) is 11.8 Å². The normalized spacial score (nSPS) is 17.7. The Kier molecular flexibility index (Phi) is 7.35. The van der Waals surface area contributed by atoms with Crippen LogP contribution in [0, 0.1) is 11.8 Å². The van der Waals surface area contributed by atoms with E-state index in [1.54, 1.807) is 17.2 Å². The minimum Gasteiger partial charge on any atom is -0.467 e. The van der Waals surface area contributed by atoms with E-state index >= 15 is 0 Å². The standard InChI is InChI=1S/C19H30N2O3/c1-15(2)8-5-3-4-6-10-20-19(23)16-12-18(22)21(13-16)14-17-9-7-11-24-17/h7,9,11,15-16H,3-6,8,10,12-14H2,1-2H3,(H,20,23). The molecule has 2 heterocycles. The van der Waals surface area contributed by atoms with Gasteiger partial charge in [-0.3, -0.25) is 9.59 Å². The van der Waals surface area contributed by atoms with E-state index in [9.17, 15) is 9.59 Å². The molecule has 0 spiro atoms. The van der Waals surface area contributed by atoms with E-state index in [4.69, 9.17) is 4.42 Å². The lowest BCUT2D eigenvalue weighted by Gasteiger charge is -2.15. The zero-order valence-corrected chi connectivity index (χ0v) is 14.9. The van der Waals surface area contributed by atoms with Crippen LogP contribution < -0.4 is 5.32 Å². The van der Waals surface area contributed by atoms with Gasteiger partial charge in [-0.05, 0) is 24.5 Å². The number of hydrogen-bond donors (Lipinski definition) is 1. The van der Waals surface area contributed by atoms with Gasteiger partial charge in [-0.1, -0.05) is 39.5 Å². The molecule has 0 saturated carbocycles. The quantitative estimate of drug-likeness (QED) is 0.667. The molecule has 1 aliphatic rings. The molecule has 134 valence electrons. The number of rotatable bonds is 10. The van der Waals surface area contributed by atoms with Crippen molar-refractivity contribution in [1.29, 1.82) is 0 Å². The third-order valence-corrected chi connectivity index (χ3v) is 4.52. The van der Waals surface area contributed by atoms with Gasteiger partial charge in [0.15, 0.2) is 0 Å². The molecule has 2 amide bonds. The number of nitrogens with one attached hydrogen (secondary N) is 1. The highest BCUT2D eigenvalue weighted by molar-refractivity contribution is 5.89. The van der Waals surface area contributed by atoms with Crippen LogP contribution in [0.25, 0.3) is 0 Å². The molecule has 1 saturated heterocycles. The number of unbranched alkanes of at least 4 members (excludes halogenated alkanes) is 3. The Bertz CT molecular complexity index is 511. The number of likely N-dealkylation sites (tertiary alicyclic amines) is 1. The number of carbonyl (C=O) groups excluding carboxylic acids is 2. The highest BCUT2D eigenvalue weighted by Crippen LogP contribution is 2.20. The van der Waals surface area contributed by atoms with Crippen molar-refractivity contribution in [2.45, 2.75) is 58.9 Å². The fourth-order valence-electron chi connectivity index (χ4n) is 3.08. The van der Waals surface area contributed by atoms with E-state index in [1.165, 1.54) is 19.3 Å². The van der Waals surface area contributed by atoms with E-state index < -0.39 is 0 Å². The molecule has 1 fully saturated rings. The van der Waals surface area contributed by atoms with Crippen molar-refractivity contribution in [3.63, 3.8) is 0 Å². The molecule has 5 heteroatoms. The topological polar surface area (TPSA) is 62.6 Å². The Balaban J connectivity index is 1.60. The van der Waals surface area contributed by atoms with Crippen molar-refractivity contribution in [1.82, 2.24) is 10.2 Å². The minimum atomic E-state index is -0.228. The first-order valence-electron chi connectivity index (χ1n) is 9.14. The van der Waals surface area contributed by atoms with Crippen molar-refractivity contribution >= 4 is 11.8 Å². The SMILES string of the molecule is CC(C)CCCCCCNC(=O)C1CC(=O)N(Cc2ccco2)C1. The summed E-state index contributed by atoms with van der Waals surface area (Å²) in [5.74, 6) is 1.33. The maximum Gasteiger partial charge on any atom is 0.225 e. The first kappa shape index (κ1) is 18.6. The monoisotopic (exact) mass is 334 g/mol. The molecule has 24 heavy (non-hydrogen) atoms. The smallest absolute Gasteiger partial charge is 0.225 e. The van der Waals surface area contributed by atoms with Crippen LogP contribution >= 0.6 is 0 Å². The lowest BCUT2D eigenvalue weighted by Crippen LogP contribution is -2.33. The summed E-state index contributed by atoms with van der Waals surface area (Å²) in [5, 5.41) is 2.98. The van der Waals surface area contributed by atoms with Gasteiger partial charge >= 0.3 is 0 Å². The van der Waals surface area contributed by atoms with Crippen molar-refractivity contribution < 1.29 is 14.0 Å². The Hall–Kier alpha value is -1.78. The van der Waals surface area contributed by atoms with Crippen LogP contribution in [-0.4, -0.2) is 29.8 Å². The molecule has 2 rings (SSSR count). The zero-order chi connectivity index (χ0) is 17.4. The summed E-state index contributed by atoms with van der Waals surface area (Å²) in [5.41, 5.74) is 0. The second kappa shape index (κ2) is 9.50. The van der Waals surface area contributed by atoms with Gasteiger partial charge < -0.3 is 14.6 Å². The van der Waals surface area contributed by atoms with Gasteiger partial charge in [0.05, 0.1) is 18.7 Å². The van der Waals surface area contributed by atoms with Crippen LogP contribution in [0.5, 0.6) is 0 Å². The van der Waals surface area contributed by atoms with Gasteiger partial charge in [0.1, 0.15) is 5.76 Å². The molecule has 1 aromatic rings. The Morgan fingerprint density at radius 2 is 2.12 bits per heavy atom. The van der Waals surface area contributed by atoms with Gasteiger partial charge in [0, 0.05) is 19.5 Å². The molecule has 0 bridgehead atoms. The Labute approximate surface area is 144 Å². The second-order valence-electron chi connectivity index (χ2n) is 7.14. The van der Waals surface area contributed by atoms with E-state index in [0.717, 1.165) is 24.5 Å². The summed E-state index contributed by atoms with van der Waals surface area (Å²) < 4.78 is 5.27. The molecular formula is C19H30N2O3. The van der Waals surface area contributed by atoms with E-state index in [-0.39, 0.29) is 17.7 Å². The lowest BCUT2D eigenvalue weighted by molar-refractivity contribution is -0.129. The highest BCUT2D eigenvalue weighted by atomic mass is 16.3. The van der Waals surface area contributed by atoms with Gasteiger partial charge in [-0.2, -0.15) is 0 Å². The molecular weight excluding hydrogens is 304 g/mol. The first-order valence-corrected chi connectivity index (χ1v) is 9.14. The fraction of sp³-hybridized carbons (Fsp3) is 0.684. The average Bonchev–Trinajstić information content (AvgIpc) is 3.17. The third kappa shape index (κ3) is 6.02. The highest BCUT2D eigenvalue weighted by Gasteiger charge is 2.34. The predicted octanol–water partition coefficient (Wildman–Crippen LogP) is 3.35. The van der Waals surface area contributed by atoms with Gasteiger partial charge in [0.2, 0.25) is 11.8 Å². The van der Waals surface area contributed by atoms with E-state index in [2.05, 4.69) is 19.2 Å². The zero-order valence-electron chi connectivity index (χ0n) is 14.9. The predicted molar refractivity (Wildman–Crippen MR) is 93.2 cm³/mol. The summed E-state index contributed by atoms with van der Waals surface area (Å²) in [6, 6.07) is 3.65. The fourth-order valence-corrected chi connectivity index (χ4v) is 3.08. The van der Waals surface area contributed by atoms with Crippen LogP contribution in [0.2, 0.25) is 0 Å². The third-order valence-electron chi connectivity index (χ3n) is 4.52. The van der Waals surface area contributed by atoms with Crippen LogP contribution in [0.1, 0.15) is 58.1 Å². The van der Waals surface area contributed by atoms with Gasteiger partial charge in [-0.15, -0.1) is 0 Å². The van der Waals surface area contributed by atoms with Crippen LogP contribution in [0.15, 0.2) is 22.8 Å². The summed E-state index contributed by atoms with van der Waals surface area (Å²) in [7, 11) is 0. The maximum absolute atomic E-state index is 12.2. The summed E-state index contributed by atoms with van der Waals surface area (Å²) in [4.78, 5) is 25.9. The first-order chi connectivity index (χ1) is 11.6. The van der Waals surface area contributed by atoms with Crippen LogP contribution in [-0.2, 0) is 16.1 Å². The summed E-state index contributed by atoms with van der Waals surface area (Å²) in [6.07, 6.45) is 7.85. The summed E-state index contributed by atoms with van der Waals surface area (Å²) in [6.45, 7) is 6.14. The van der Waals surface area contributed by atoms with Crippen molar-refractivity contribution in [2.75, 3.05) is 13.1 Å². The number of carbonyl (C=O) groups is 2. The minimum absolute atomic E-state index is 0.00692. The van der Waals surface area contributed by atoms with Crippen LogP contribution in [0.3, 0.4) is 0 Å². The van der Waals surface area contributed by atoms with Crippen molar-refractivity contribution in [3.05, 3.63) is 24.2 Å². The number of hydrogen-bond acceptors (Lipinski definition) is 3. The average molecular weight is 334 g/mol. The van der Waals surface area contributed by atoms with Gasteiger partial charge in [-0.25, -0.2) is 0 Å². The molecule has 1 N–H and O–H groups in total. The number of furan rings is 1.